The Kier molecular flexibility index (Phi) is 7.69. The smallest absolute Gasteiger partial charge is 0.251 e. The Hall–Kier alpha value is -2.86. The van der Waals surface area contributed by atoms with Crippen molar-refractivity contribution in [2.24, 2.45) is 5.92 Å². The van der Waals surface area contributed by atoms with Crippen LogP contribution in [0.5, 0.6) is 5.75 Å². The first kappa shape index (κ1) is 22.8. The zero-order chi connectivity index (χ0) is 22.4. The highest BCUT2D eigenvalue weighted by Gasteiger charge is 2.31. The molecule has 1 fully saturated rings. The van der Waals surface area contributed by atoms with Crippen LogP contribution in [0.3, 0.4) is 0 Å². The first-order chi connectivity index (χ1) is 14.9. The number of ether oxygens (including phenoxy) is 1. The molecule has 1 aliphatic rings. The average molecular weight is 424 g/mol. The Morgan fingerprint density at radius 2 is 1.71 bits per heavy atom. The van der Waals surface area contributed by atoms with Gasteiger partial charge in [-0.25, -0.2) is 0 Å². The fourth-order valence-electron chi connectivity index (χ4n) is 3.87. The second-order valence-corrected chi connectivity index (χ2v) is 8.51. The number of benzene rings is 2. The summed E-state index contributed by atoms with van der Waals surface area (Å²) in [5.41, 5.74) is 3.08. The molecule has 1 N–H and O–H groups in total. The molecule has 2 aromatic rings. The minimum absolute atomic E-state index is 0.0000203. The minimum atomic E-state index is -0.544. The van der Waals surface area contributed by atoms with Crippen molar-refractivity contribution >= 4 is 11.8 Å². The highest BCUT2D eigenvalue weighted by atomic mass is 16.5. The minimum Gasteiger partial charge on any atom is -0.497 e. The monoisotopic (exact) mass is 423 g/mol. The number of hydrogen-bond acceptors (Lipinski definition) is 4. The summed E-state index contributed by atoms with van der Waals surface area (Å²) in [5, 5.41) is 2.94. The van der Waals surface area contributed by atoms with E-state index in [4.69, 9.17) is 4.74 Å². The van der Waals surface area contributed by atoms with Crippen LogP contribution in [0.4, 0.5) is 0 Å². The van der Waals surface area contributed by atoms with E-state index in [2.05, 4.69) is 41.4 Å². The molecule has 166 valence electrons. The third-order valence-corrected chi connectivity index (χ3v) is 5.74. The molecule has 6 heteroatoms. The molecule has 0 aliphatic carbocycles. The van der Waals surface area contributed by atoms with E-state index in [1.807, 2.05) is 18.7 Å². The van der Waals surface area contributed by atoms with Crippen molar-refractivity contribution in [2.75, 3.05) is 33.3 Å². The topological polar surface area (TPSA) is 61.9 Å². The van der Waals surface area contributed by atoms with Crippen LogP contribution < -0.4 is 10.1 Å². The number of aryl methyl sites for hydroxylation is 1. The second-order valence-electron chi connectivity index (χ2n) is 8.51. The molecule has 3 rings (SSSR count). The molecule has 1 aliphatic heterocycles. The van der Waals surface area contributed by atoms with Crippen molar-refractivity contribution < 1.29 is 14.3 Å². The van der Waals surface area contributed by atoms with Crippen LogP contribution >= 0.6 is 0 Å². The molecule has 0 bridgehead atoms. The normalized spacial score (nSPS) is 15.6. The maximum Gasteiger partial charge on any atom is 0.251 e. The van der Waals surface area contributed by atoms with Crippen LogP contribution in [0.2, 0.25) is 0 Å². The standard InChI is InChI=1S/C25H33N3O3/c1-18(2)23(26-24(29)21-8-10-22(31-4)11-9-21)25(30)28-14-12-27(13-15-28)17-20-7-5-6-19(3)16-20/h5-11,16,18,23H,12-15,17H2,1-4H3,(H,26,29)/t23-/m0/s1. The maximum absolute atomic E-state index is 13.2. The van der Waals surface area contributed by atoms with E-state index in [1.165, 1.54) is 11.1 Å². The average Bonchev–Trinajstić information content (AvgIpc) is 2.77. The van der Waals surface area contributed by atoms with Gasteiger partial charge in [-0.15, -0.1) is 0 Å². The van der Waals surface area contributed by atoms with E-state index in [0.717, 1.165) is 19.6 Å². The van der Waals surface area contributed by atoms with Gasteiger partial charge in [-0.05, 0) is 42.7 Å². The Morgan fingerprint density at radius 3 is 2.29 bits per heavy atom. The highest BCUT2D eigenvalue weighted by Crippen LogP contribution is 2.15. The van der Waals surface area contributed by atoms with Gasteiger partial charge in [-0.2, -0.15) is 0 Å². The number of nitrogens with zero attached hydrogens (tertiary/aromatic N) is 2. The van der Waals surface area contributed by atoms with Gasteiger partial charge < -0.3 is 15.0 Å². The van der Waals surface area contributed by atoms with Crippen molar-refractivity contribution in [3.05, 3.63) is 65.2 Å². The number of hydrogen-bond donors (Lipinski definition) is 1. The van der Waals surface area contributed by atoms with Crippen LogP contribution in [-0.2, 0) is 11.3 Å². The van der Waals surface area contributed by atoms with Gasteiger partial charge in [-0.1, -0.05) is 43.7 Å². The lowest BCUT2D eigenvalue weighted by molar-refractivity contribution is -0.136. The second kappa shape index (κ2) is 10.4. The molecule has 2 amide bonds. The van der Waals surface area contributed by atoms with Crippen molar-refractivity contribution in [1.82, 2.24) is 15.1 Å². The van der Waals surface area contributed by atoms with Gasteiger partial charge in [0.2, 0.25) is 5.91 Å². The number of nitrogens with one attached hydrogen (secondary N) is 1. The molecule has 1 heterocycles. The third kappa shape index (κ3) is 6.07. The van der Waals surface area contributed by atoms with Crippen LogP contribution in [-0.4, -0.2) is 60.9 Å². The molecule has 31 heavy (non-hydrogen) atoms. The Labute approximate surface area is 185 Å². The summed E-state index contributed by atoms with van der Waals surface area (Å²) in [4.78, 5) is 30.1. The molecular formula is C25H33N3O3. The van der Waals surface area contributed by atoms with Crippen LogP contribution in [0.1, 0.15) is 35.3 Å². The number of amides is 2. The molecule has 0 saturated carbocycles. The van der Waals surface area contributed by atoms with Gasteiger partial charge in [0.25, 0.3) is 5.91 Å². The predicted octanol–water partition coefficient (Wildman–Crippen LogP) is 3.10. The summed E-state index contributed by atoms with van der Waals surface area (Å²) in [7, 11) is 1.59. The van der Waals surface area contributed by atoms with E-state index in [0.29, 0.717) is 24.4 Å². The van der Waals surface area contributed by atoms with Gasteiger partial charge in [0.15, 0.2) is 0 Å². The lowest BCUT2D eigenvalue weighted by atomic mass is 10.0. The summed E-state index contributed by atoms with van der Waals surface area (Å²) in [5.74, 6) is 0.441. The molecule has 0 aromatic heterocycles. The maximum atomic E-state index is 13.2. The van der Waals surface area contributed by atoms with Crippen molar-refractivity contribution in [3.63, 3.8) is 0 Å². The van der Waals surface area contributed by atoms with Gasteiger partial charge >= 0.3 is 0 Å². The fraction of sp³-hybridized carbons (Fsp3) is 0.440. The Morgan fingerprint density at radius 1 is 1.03 bits per heavy atom. The van der Waals surface area contributed by atoms with Crippen molar-refractivity contribution in [2.45, 2.75) is 33.4 Å². The van der Waals surface area contributed by atoms with E-state index >= 15 is 0 Å². The largest absolute Gasteiger partial charge is 0.497 e. The zero-order valence-corrected chi connectivity index (χ0v) is 18.9. The van der Waals surface area contributed by atoms with E-state index in [9.17, 15) is 9.59 Å². The molecule has 0 radical (unpaired) electrons. The van der Waals surface area contributed by atoms with Crippen LogP contribution in [0.25, 0.3) is 0 Å². The summed E-state index contributed by atoms with van der Waals surface area (Å²) >= 11 is 0. The number of methoxy groups -OCH3 is 1. The van der Waals surface area contributed by atoms with E-state index in [-0.39, 0.29) is 17.7 Å². The molecular weight excluding hydrogens is 390 g/mol. The molecule has 2 aromatic carbocycles. The van der Waals surface area contributed by atoms with Crippen LogP contribution in [0, 0.1) is 12.8 Å². The van der Waals surface area contributed by atoms with Crippen molar-refractivity contribution in [1.29, 1.82) is 0 Å². The Balaban J connectivity index is 1.57. The zero-order valence-electron chi connectivity index (χ0n) is 18.9. The lowest BCUT2D eigenvalue weighted by Gasteiger charge is -2.37. The number of carbonyl (C=O) groups is 2. The summed E-state index contributed by atoms with van der Waals surface area (Å²) in [6, 6.07) is 14.9. The summed E-state index contributed by atoms with van der Waals surface area (Å²) in [6.45, 7) is 9.93. The number of piperazine rings is 1. The molecule has 6 nitrogen and oxygen atoms in total. The fourth-order valence-corrected chi connectivity index (χ4v) is 3.87. The number of carbonyl (C=O) groups excluding carboxylic acids is 2. The van der Waals surface area contributed by atoms with Gasteiger partial charge in [-0.3, -0.25) is 14.5 Å². The summed E-state index contributed by atoms with van der Waals surface area (Å²) in [6.07, 6.45) is 0. The summed E-state index contributed by atoms with van der Waals surface area (Å²) < 4.78 is 5.14. The SMILES string of the molecule is COc1ccc(C(=O)N[C@H](C(=O)N2CCN(Cc3cccc(C)c3)CC2)C(C)C)cc1. The third-order valence-electron chi connectivity index (χ3n) is 5.74. The van der Waals surface area contributed by atoms with Crippen molar-refractivity contribution in [3.8, 4) is 5.75 Å². The quantitative estimate of drug-likeness (QED) is 0.743. The first-order valence-corrected chi connectivity index (χ1v) is 10.9. The van der Waals surface area contributed by atoms with E-state index < -0.39 is 6.04 Å². The van der Waals surface area contributed by atoms with Gasteiger partial charge in [0.05, 0.1) is 7.11 Å². The van der Waals surface area contributed by atoms with Crippen LogP contribution in [0.15, 0.2) is 48.5 Å². The molecule has 0 unspecified atom stereocenters. The number of rotatable bonds is 7. The first-order valence-electron chi connectivity index (χ1n) is 10.9. The molecule has 1 atom stereocenters. The lowest BCUT2D eigenvalue weighted by Crippen LogP contribution is -2.56. The Bertz CT molecular complexity index is 887. The highest BCUT2D eigenvalue weighted by molar-refractivity contribution is 5.97. The molecule has 1 saturated heterocycles. The van der Waals surface area contributed by atoms with Gasteiger partial charge in [0, 0.05) is 38.3 Å². The molecule has 0 spiro atoms. The van der Waals surface area contributed by atoms with Gasteiger partial charge in [0.1, 0.15) is 11.8 Å². The van der Waals surface area contributed by atoms with E-state index in [1.54, 1.807) is 31.4 Å². The predicted molar refractivity (Wildman–Crippen MR) is 122 cm³/mol.